The SMILES string of the molecule is COc1ccc(C[C@@H](NC(=O)OC(C)(C)C)[C@@H]2OC(C)(C)O[C@H]2CBr)cc1. The van der Waals surface area contributed by atoms with Gasteiger partial charge in [0.1, 0.15) is 17.5 Å². The molecule has 152 valence electrons. The monoisotopic (exact) mass is 443 g/mol. The minimum absolute atomic E-state index is 0.182. The standard InChI is InChI=1S/C20H30BrNO5/c1-19(2,3)27-18(23)22-15(11-13-7-9-14(24-6)10-8-13)17-16(12-21)25-20(4,5)26-17/h7-10,15-17H,11-12H2,1-6H3,(H,22,23)/t15-,16+,17+/m1/s1. The summed E-state index contributed by atoms with van der Waals surface area (Å²) >= 11 is 3.49. The van der Waals surface area contributed by atoms with E-state index in [2.05, 4.69) is 21.2 Å². The fraction of sp³-hybridized carbons (Fsp3) is 0.650. The molecule has 1 aliphatic heterocycles. The maximum Gasteiger partial charge on any atom is 0.407 e. The maximum atomic E-state index is 12.4. The molecule has 0 saturated carbocycles. The molecular formula is C20H30BrNO5. The second-order valence-corrected chi connectivity index (χ2v) is 8.75. The molecule has 0 radical (unpaired) electrons. The Morgan fingerprint density at radius 2 is 1.89 bits per heavy atom. The van der Waals surface area contributed by atoms with Crippen LogP contribution in [0.15, 0.2) is 24.3 Å². The summed E-state index contributed by atoms with van der Waals surface area (Å²) in [4.78, 5) is 12.4. The molecule has 1 amide bonds. The molecule has 1 saturated heterocycles. The number of hydrogen-bond donors (Lipinski definition) is 1. The number of alkyl carbamates (subject to hydrolysis) is 1. The number of rotatable bonds is 6. The van der Waals surface area contributed by atoms with Crippen molar-refractivity contribution < 1.29 is 23.7 Å². The average Bonchev–Trinajstić information content (AvgIpc) is 2.88. The number of benzene rings is 1. The van der Waals surface area contributed by atoms with Crippen LogP contribution >= 0.6 is 15.9 Å². The number of ether oxygens (including phenoxy) is 4. The summed E-state index contributed by atoms with van der Waals surface area (Å²) in [6, 6.07) is 7.45. The van der Waals surface area contributed by atoms with E-state index in [0.29, 0.717) is 11.8 Å². The van der Waals surface area contributed by atoms with Gasteiger partial charge in [-0.3, -0.25) is 0 Å². The van der Waals surface area contributed by atoms with Crippen molar-refractivity contribution in [3.63, 3.8) is 0 Å². The van der Waals surface area contributed by atoms with Gasteiger partial charge in [-0.1, -0.05) is 28.1 Å². The number of carbonyl (C=O) groups excluding carboxylic acids is 1. The van der Waals surface area contributed by atoms with Gasteiger partial charge in [-0.2, -0.15) is 0 Å². The molecule has 27 heavy (non-hydrogen) atoms. The number of methoxy groups -OCH3 is 1. The molecule has 1 aliphatic rings. The van der Waals surface area contributed by atoms with Crippen LogP contribution in [0.25, 0.3) is 0 Å². The third-order valence-corrected chi connectivity index (χ3v) is 4.73. The molecule has 0 bridgehead atoms. The zero-order valence-corrected chi connectivity index (χ0v) is 18.5. The molecule has 1 heterocycles. The van der Waals surface area contributed by atoms with Gasteiger partial charge in [-0.25, -0.2) is 4.79 Å². The molecular weight excluding hydrogens is 414 g/mol. The molecule has 0 unspecified atom stereocenters. The molecule has 1 N–H and O–H groups in total. The first-order valence-corrected chi connectivity index (χ1v) is 10.2. The van der Waals surface area contributed by atoms with E-state index >= 15 is 0 Å². The van der Waals surface area contributed by atoms with Gasteiger partial charge < -0.3 is 24.3 Å². The Morgan fingerprint density at radius 1 is 1.26 bits per heavy atom. The first kappa shape index (κ1) is 22.0. The van der Waals surface area contributed by atoms with Crippen LogP contribution in [0.1, 0.15) is 40.2 Å². The van der Waals surface area contributed by atoms with Crippen molar-refractivity contribution in [3.05, 3.63) is 29.8 Å². The van der Waals surface area contributed by atoms with E-state index in [9.17, 15) is 4.79 Å². The molecule has 1 fully saturated rings. The van der Waals surface area contributed by atoms with Crippen molar-refractivity contribution in [1.82, 2.24) is 5.32 Å². The number of nitrogens with one attached hydrogen (secondary N) is 1. The van der Waals surface area contributed by atoms with E-state index in [0.717, 1.165) is 11.3 Å². The van der Waals surface area contributed by atoms with Crippen LogP contribution < -0.4 is 10.1 Å². The van der Waals surface area contributed by atoms with Crippen molar-refractivity contribution in [2.75, 3.05) is 12.4 Å². The Labute approximate surface area is 170 Å². The van der Waals surface area contributed by atoms with Gasteiger partial charge in [0.15, 0.2) is 5.79 Å². The van der Waals surface area contributed by atoms with Crippen LogP contribution in [0.3, 0.4) is 0 Å². The maximum absolute atomic E-state index is 12.4. The highest BCUT2D eigenvalue weighted by molar-refractivity contribution is 9.09. The van der Waals surface area contributed by atoms with Crippen molar-refractivity contribution in [2.45, 2.75) is 70.7 Å². The Kier molecular flexibility index (Phi) is 7.16. The molecule has 0 spiro atoms. The molecule has 0 aromatic heterocycles. The molecule has 1 aromatic rings. The molecule has 6 nitrogen and oxygen atoms in total. The minimum atomic E-state index is -0.711. The topological polar surface area (TPSA) is 66.0 Å². The molecule has 1 aromatic carbocycles. The Hall–Kier alpha value is -1.31. The summed E-state index contributed by atoms with van der Waals surface area (Å²) in [7, 11) is 1.63. The third kappa shape index (κ3) is 6.66. The molecule has 7 heteroatoms. The first-order valence-electron chi connectivity index (χ1n) is 9.07. The highest BCUT2D eigenvalue weighted by Crippen LogP contribution is 2.32. The zero-order chi connectivity index (χ0) is 20.2. The lowest BCUT2D eigenvalue weighted by atomic mass is 9.98. The predicted molar refractivity (Wildman–Crippen MR) is 107 cm³/mol. The van der Waals surface area contributed by atoms with Gasteiger partial charge in [0.2, 0.25) is 0 Å². The molecule has 0 aliphatic carbocycles. The third-order valence-electron chi connectivity index (χ3n) is 4.09. The fourth-order valence-corrected chi connectivity index (χ4v) is 3.55. The van der Waals surface area contributed by atoms with Crippen molar-refractivity contribution >= 4 is 22.0 Å². The van der Waals surface area contributed by atoms with Gasteiger partial charge in [-0.15, -0.1) is 0 Å². The fourth-order valence-electron chi connectivity index (χ4n) is 3.05. The number of amides is 1. The van der Waals surface area contributed by atoms with Gasteiger partial charge in [0.25, 0.3) is 0 Å². The van der Waals surface area contributed by atoms with Gasteiger partial charge in [0.05, 0.1) is 19.3 Å². The number of halogens is 1. The Bertz CT molecular complexity index is 626. The van der Waals surface area contributed by atoms with E-state index in [1.54, 1.807) is 7.11 Å². The second kappa shape index (κ2) is 8.80. The summed E-state index contributed by atoms with van der Waals surface area (Å²) in [6.45, 7) is 9.26. The normalized spacial score (nSPS) is 22.9. The summed E-state index contributed by atoms with van der Waals surface area (Å²) in [5.41, 5.74) is 0.481. The highest BCUT2D eigenvalue weighted by Gasteiger charge is 2.45. The summed E-state index contributed by atoms with van der Waals surface area (Å²) in [6.07, 6.45) is -0.383. The van der Waals surface area contributed by atoms with Crippen molar-refractivity contribution in [1.29, 1.82) is 0 Å². The van der Waals surface area contributed by atoms with Crippen LogP contribution in [0.2, 0.25) is 0 Å². The Morgan fingerprint density at radius 3 is 2.41 bits per heavy atom. The van der Waals surface area contributed by atoms with E-state index < -0.39 is 17.5 Å². The summed E-state index contributed by atoms with van der Waals surface area (Å²) < 4.78 is 22.7. The van der Waals surface area contributed by atoms with E-state index in [1.807, 2.05) is 58.9 Å². The van der Waals surface area contributed by atoms with Crippen LogP contribution in [-0.2, 0) is 20.6 Å². The number of carbonyl (C=O) groups is 1. The van der Waals surface area contributed by atoms with Crippen molar-refractivity contribution in [3.8, 4) is 5.75 Å². The molecule has 3 atom stereocenters. The highest BCUT2D eigenvalue weighted by atomic mass is 79.9. The zero-order valence-electron chi connectivity index (χ0n) is 16.9. The first-order chi connectivity index (χ1) is 12.5. The lowest BCUT2D eigenvalue weighted by Gasteiger charge is -2.29. The molecule has 2 rings (SSSR count). The summed E-state index contributed by atoms with van der Waals surface area (Å²) in [5, 5.41) is 3.58. The van der Waals surface area contributed by atoms with Crippen LogP contribution in [0, 0.1) is 0 Å². The smallest absolute Gasteiger partial charge is 0.407 e. The van der Waals surface area contributed by atoms with E-state index in [-0.39, 0.29) is 18.2 Å². The van der Waals surface area contributed by atoms with Crippen molar-refractivity contribution in [2.24, 2.45) is 0 Å². The Balaban J connectivity index is 2.20. The van der Waals surface area contributed by atoms with Gasteiger partial charge >= 0.3 is 6.09 Å². The lowest BCUT2D eigenvalue weighted by Crippen LogP contribution is -2.50. The number of hydrogen-bond acceptors (Lipinski definition) is 5. The van der Waals surface area contributed by atoms with Gasteiger partial charge in [0, 0.05) is 5.33 Å². The predicted octanol–water partition coefficient (Wildman–Crippen LogP) is 4.05. The van der Waals surface area contributed by atoms with Crippen LogP contribution in [0.4, 0.5) is 4.79 Å². The lowest BCUT2D eigenvalue weighted by molar-refractivity contribution is -0.147. The average molecular weight is 444 g/mol. The van der Waals surface area contributed by atoms with E-state index in [4.69, 9.17) is 18.9 Å². The minimum Gasteiger partial charge on any atom is -0.497 e. The van der Waals surface area contributed by atoms with Gasteiger partial charge in [-0.05, 0) is 58.7 Å². The second-order valence-electron chi connectivity index (χ2n) is 8.10. The largest absolute Gasteiger partial charge is 0.497 e. The van der Waals surface area contributed by atoms with E-state index in [1.165, 1.54) is 0 Å². The van der Waals surface area contributed by atoms with Crippen LogP contribution in [0.5, 0.6) is 5.75 Å². The van der Waals surface area contributed by atoms with Crippen LogP contribution in [-0.4, -0.2) is 48.2 Å². The quantitative estimate of drug-likeness (QED) is 0.671. The summed E-state index contributed by atoms with van der Waals surface area (Å²) in [5.74, 6) is 0.0759. The number of alkyl halides is 1.